The van der Waals surface area contributed by atoms with Gasteiger partial charge in [-0.1, -0.05) is 13.0 Å². The SMILES string of the molecule is CCN1CCC[C@H](Nc2nc3ccccn3c(=O)c2[N+](=O)[O-])C1. The summed E-state index contributed by atoms with van der Waals surface area (Å²) in [5.74, 6) is 0.0640. The predicted molar refractivity (Wildman–Crippen MR) is 86.9 cm³/mol. The van der Waals surface area contributed by atoms with Gasteiger partial charge in [0.2, 0.25) is 5.82 Å². The molecule has 0 unspecified atom stereocenters. The molecular weight excluding hydrogens is 298 g/mol. The average Bonchev–Trinajstić information content (AvgIpc) is 2.55. The Hall–Kier alpha value is -2.48. The van der Waals surface area contributed by atoms with E-state index < -0.39 is 16.2 Å². The van der Waals surface area contributed by atoms with Crippen LogP contribution in [-0.2, 0) is 0 Å². The van der Waals surface area contributed by atoms with Gasteiger partial charge in [0.05, 0.1) is 4.92 Å². The van der Waals surface area contributed by atoms with Gasteiger partial charge in [-0.3, -0.25) is 19.3 Å². The van der Waals surface area contributed by atoms with Crippen LogP contribution in [0.15, 0.2) is 29.2 Å². The first-order valence-electron chi connectivity index (χ1n) is 7.75. The third-order valence-electron chi connectivity index (χ3n) is 4.19. The Balaban J connectivity index is 2.00. The lowest BCUT2D eigenvalue weighted by molar-refractivity contribution is -0.385. The van der Waals surface area contributed by atoms with E-state index in [-0.39, 0.29) is 11.9 Å². The first kappa shape index (κ1) is 15.4. The maximum Gasteiger partial charge on any atom is 0.376 e. The molecule has 0 aliphatic carbocycles. The van der Waals surface area contributed by atoms with Gasteiger partial charge < -0.3 is 10.2 Å². The first-order chi connectivity index (χ1) is 11.1. The Morgan fingerprint density at radius 2 is 2.30 bits per heavy atom. The van der Waals surface area contributed by atoms with Crippen molar-refractivity contribution < 1.29 is 4.92 Å². The van der Waals surface area contributed by atoms with Crippen LogP contribution in [0.4, 0.5) is 11.5 Å². The summed E-state index contributed by atoms with van der Waals surface area (Å²) in [6.07, 6.45) is 3.41. The molecule has 122 valence electrons. The second-order valence-electron chi connectivity index (χ2n) is 5.68. The average molecular weight is 317 g/mol. The maximum atomic E-state index is 12.4. The van der Waals surface area contributed by atoms with Crippen LogP contribution < -0.4 is 10.9 Å². The number of rotatable bonds is 4. The fourth-order valence-electron chi connectivity index (χ4n) is 3.00. The summed E-state index contributed by atoms with van der Waals surface area (Å²) in [7, 11) is 0. The van der Waals surface area contributed by atoms with Crippen molar-refractivity contribution in [2.45, 2.75) is 25.8 Å². The van der Waals surface area contributed by atoms with Crippen LogP contribution in [0.2, 0.25) is 0 Å². The summed E-state index contributed by atoms with van der Waals surface area (Å²) in [4.78, 5) is 29.7. The van der Waals surface area contributed by atoms with E-state index in [1.165, 1.54) is 10.6 Å². The summed E-state index contributed by atoms with van der Waals surface area (Å²) in [6.45, 7) is 4.85. The zero-order chi connectivity index (χ0) is 16.4. The summed E-state index contributed by atoms with van der Waals surface area (Å²) in [5.41, 5.74) is -0.762. The molecule has 0 bridgehead atoms. The van der Waals surface area contributed by atoms with E-state index in [0.29, 0.717) is 5.65 Å². The van der Waals surface area contributed by atoms with Gasteiger partial charge in [-0.2, -0.15) is 0 Å². The molecule has 0 aromatic carbocycles. The highest BCUT2D eigenvalue weighted by molar-refractivity contribution is 5.60. The molecule has 23 heavy (non-hydrogen) atoms. The first-order valence-corrected chi connectivity index (χ1v) is 7.75. The molecule has 8 heteroatoms. The number of nitro groups is 1. The van der Waals surface area contributed by atoms with Crippen molar-refractivity contribution >= 4 is 17.2 Å². The molecule has 1 atom stereocenters. The van der Waals surface area contributed by atoms with Crippen molar-refractivity contribution in [3.05, 3.63) is 44.9 Å². The monoisotopic (exact) mass is 317 g/mol. The van der Waals surface area contributed by atoms with Gasteiger partial charge >= 0.3 is 11.2 Å². The number of fused-ring (bicyclic) bond motifs is 1. The van der Waals surface area contributed by atoms with Crippen molar-refractivity contribution in [2.24, 2.45) is 0 Å². The van der Waals surface area contributed by atoms with Crippen LogP contribution in [0.25, 0.3) is 5.65 Å². The summed E-state index contributed by atoms with van der Waals surface area (Å²) in [5, 5.41) is 14.5. The van der Waals surface area contributed by atoms with Crippen molar-refractivity contribution in [2.75, 3.05) is 25.0 Å². The minimum absolute atomic E-state index is 0.0560. The molecule has 1 aliphatic rings. The lowest BCUT2D eigenvalue weighted by Crippen LogP contribution is -2.42. The summed E-state index contributed by atoms with van der Waals surface area (Å²) >= 11 is 0. The molecule has 0 radical (unpaired) electrons. The largest absolute Gasteiger partial charge is 0.376 e. The van der Waals surface area contributed by atoms with E-state index in [1.807, 2.05) is 0 Å². The molecule has 3 rings (SSSR count). The maximum absolute atomic E-state index is 12.4. The number of likely N-dealkylation sites (tertiary alicyclic amines) is 1. The smallest absolute Gasteiger partial charge is 0.360 e. The second-order valence-corrected chi connectivity index (χ2v) is 5.68. The number of pyridine rings is 1. The second kappa shape index (κ2) is 6.33. The number of nitrogens with one attached hydrogen (secondary N) is 1. The number of nitrogens with zero attached hydrogens (tertiary/aromatic N) is 4. The highest BCUT2D eigenvalue weighted by Crippen LogP contribution is 2.21. The Morgan fingerprint density at radius 3 is 3.04 bits per heavy atom. The van der Waals surface area contributed by atoms with E-state index in [2.05, 4.69) is 22.1 Å². The van der Waals surface area contributed by atoms with Gasteiger partial charge in [0.15, 0.2) is 0 Å². The van der Waals surface area contributed by atoms with Gasteiger partial charge in [0, 0.05) is 18.8 Å². The molecule has 8 nitrogen and oxygen atoms in total. The molecule has 0 saturated carbocycles. The predicted octanol–water partition coefficient (Wildman–Crippen LogP) is 1.50. The van der Waals surface area contributed by atoms with Crippen LogP contribution >= 0.6 is 0 Å². The van der Waals surface area contributed by atoms with Gasteiger partial charge in [-0.25, -0.2) is 4.98 Å². The minimum Gasteiger partial charge on any atom is -0.360 e. The molecular formula is C15H19N5O3. The Kier molecular flexibility index (Phi) is 4.24. The van der Waals surface area contributed by atoms with E-state index in [1.54, 1.807) is 18.2 Å². The van der Waals surface area contributed by atoms with Gasteiger partial charge in [-0.05, 0) is 38.1 Å². The zero-order valence-corrected chi connectivity index (χ0v) is 12.9. The van der Waals surface area contributed by atoms with Gasteiger partial charge in [0.25, 0.3) is 0 Å². The zero-order valence-electron chi connectivity index (χ0n) is 12.9. The molecule has 1 fully saturated rings. The van der Waals surface area contributed by atoms with E-state index >= 15 is 0 Å². The number of anilines is 1. The molecule has 1 N–H and O–H groups in total. The van der Waals surface area contributed by atoms with Crippen molar-refractivity contribution in [1.29, 1.82) is 0 Å². The quantitative estimate of drug-likeness (QED) is 0.678. The molecule has 1 saturated heterocycles. The number of hydrogen-bond donors (Lipinski definition) is 1. The summed E-state index contributed by atoms with van der Waals surface area (Å²) < 4.78 is 1.20. The summed E-state index contributed by atoms with van der Waals surface area (Å²) in [6, 6.07) is 5.11. The number of aromatic nitrogens is 2. The molecule has 1 aliphatic heterocycles. The normalized spacial score (nSPS) is 18.9. The highest BCUT2D eigenvalue weighted by atomic mass is 16.6. The molecule has 2 aromatic heterocycles. The van der Waals surface area contributed by atoms with Crippen LogP contribution in [0.5, 0.6) is 0 Å². The van der Waals surface area contributed by atoms with Crippen LogP contribution in [0.1, 0.15) is 19.8 Å². The van der Waals surface area contributed by atoms with Gasteiger partial charge in [0.1, 0.15) is 5.65 Å². The van der Waals surface area contributed by atoms with E-state index in [9.17, 15) is 14.9 Å². The lowest BCUT2D eigenvalue weighted by atomic mass is 10.1. The number of hydrogen-bond acceptors (Lipinski definition) is 6. The Morgan fingerprint density at radius 1 is 1.48 bits per heavy atom. The highest BCUT2D eigenvalue weighted by Gasteiger charge is 2.27. The fraction of sp³-hybridized carbons (Fsp3) is 0.467. The van der Waals surface area contributed by atoms with Crippen molar-refractivity contribution in [3.8, 4) is 0 Å². The van der Waals surface area contributed by atoms with E-state index in [0.717, 1.165) is 32.5 Å². The van der Waals surface area contributed by atoms with Crippen LogP contribution in [0.3, 0.4) is 0 Å². The van der Waals surface area contributed by atoms with Crippen molar-refractivity contribution in [1.82, 2.24) is 14.3 Å². The standard InChI is InChI=1S/C15H19N5O3/c1-2-18-8-5-6-11(10-18)16-14-13(20(22)23)15(21)19-9-4-3-7-12(19)17-14/h3-4,7,9,11,16H,2,5-6,8,10H2,1H3/t11-/m0/s1. The molecule has 0 amide bonds. The molecule has 3 heterocycles. The van der Waals surface area contributed by atoms with Crippen LogP contribution in [-0.4, -0.2) is 44.9 Å². The number of likely N-dealkylation sites (N-methyl/N-ethyl adjacent to an activating group) is 1. The lowest BCUT2D eigenvalue weighted by Gasteiger charge is -2.32. The Labute approximate surface area is 132 Å². The fourth-order valence-corrected chi connectivity index (χ4v) is 3.00. The third-order valence-corrected chi connectivity index (χ3v) is 4.19. The number of piperidine rings is 1. The van der Waals surface area contributed by atoms with Gasteiger partial charge in [-0.15, -0.1) is 0 Å². The van der Waals surface area contributed by atoms with Crippen LogP contribution in [0, 0.1) is 10.1 Å². The topological polar surface area (TPSA) is 92.8 Å². The third kappa shape index (κ3) is 3.02. The van der Waals surface area contributed by atoms with E-state index in [4.69, 9.17) is 0 Å². The Bertz CT molecular complexity index is 788. The molecule has 0 spiro atoms. The minimum atomic E-state index is -0.661. The van der Waals surface area contributed by atoms with Crippen molar-refractivity contribution in [3.63, 3.8) is 0 Å². The molecule has 2 aromatic rings.